The van der Waals surface area contributed by atoms with Crippen LogP contribution in [-0.4, -0.2) is 39.1 Å². The number of hydrogen-bond donors (Lipinski definition) is 2. The lowest BCUT2D eigenvalue weighted by molar-refractivity contribution is -0.117. The number of carbonyl (C=O) groups is 1. The lowest BCUT2D eigenvalue weighted by Gasteiger charge is -2.32. The third-order valence-electron chi connectivity index (χ3n) is 3.94. The first kappa shape index (κ1) is 14.9. The van der Waals surface area contributed by atoms with Gasteiger partial charge in [-0.2, -0.15) is 8.42 Å². The number of halogens is 1. The van der Waals surface area contributed by atoms with Gasteiger partial charge in [-0.15, -0.1) is 0 Å². The summed E-state index contributed by atoms with van der Waals surface area (Å²) < 4.78 is 40.9. The van der Waals surface area contributed by atoms with Crippen molar-refractivity contribution < 1.29 is 22.7 Å². The molecule has 2 aliphatic heterocycles. The van der Waals surface area contributed by atoms with Crippen molar-refractivity contribution in [3.05, 3.63) is 17.4 Å². The van der Waals surface area contributed by atoms with E-state index in [0.29, 0.717) is 28.5 Å². The van der Waals surface area contributed by atoms with Gasteiger partial charge in [-0.05, 0) is 19.8 Å². The Balaban J connectivity index is 2.17. The number of aromatic hydroxyl groups is 1. The van der Waals surface area contributed by atoms with Gasteiger partial charge in [-0.3, -0.25) is 4.79 Å². The zero-order chi connectivity index (χ0) is 16.1. The fourth-order valence-corrected chi connectivity index (χ4v) is 4.12. The Bertz CT molecular complexity index is 750. The van der Waals surface area contributed by atoms with E-state index in [4.69, 9.17) is 0 Å². The highest BCUT2D eigenvalue weighted by Crippen LogP contribution is 2.42. The van der Waals surface area contributed by atoms with E-state index < -0.39 is 39.9 Å². The minimum Gasteiger partial charge on any atom is -0.506 e. The minimum atomic E-state index is -4.16. The van der Waals surface area contributed by atoms with E-state index >= 15 is 0 Å². The Kier molecular flexibility index (Phi) is 3.39. The molecule has 0 saturated carbocycles. The second-order valence-corrected chi connectivity index (χ2v) is 6.87. The molecule has 1 aromatic rings. The standard InChI is InChI=1S/C13H16FN3O4S/c1-2-16-5-3-4-8-9(16)6-10(18)13(12(8)14)17-7-11(19)15-22(17,20)21/h6,18H,2-5,7H2,1H3,(H,15,19). The van der Waals surface area contributed by atoms with Crippen LogP contribution in [-0.2, 0) is 21.4 Å². The number of phenols is 1. The van der Waals surface area contributed by atoms with Crippen molar-refractivity contribution in [3.8, 4) is 5.75 Å². The Morgan fingerprint density at radius 1 is 1.45 bits per heavy atom. The van der Waals surface area contributed by atoms with Gasteiger partial charge in [0, 0.05) is 30.4 Å². The number of amides is 1. The maximum atomic E-state index is 14.8. The monoisotopic (exact) mass is 329 g/mol. The van der Waals surface area contributed by atoms with Crippen molar-refractivity contribution in [2.45, 2.75) is 19.8 Å². The molecule has 2 N–H and O–H groups in total. The zero-order valence-electron chi connectivity index (χ0n) is 12.0. The van der Waals surface area contributed by atoms with Crippen molar-refractivity contribution >= 4 is 27.5 Å². The first-order valence-corrected chi connectivity index (χ1v) is 8.41. The predicted octanol–water partition coefficient (Wildman–Crippen LogP) is 0.485. The molecule has 22 heavy (non-hydrogen) atoms. The minimum absolute atomic E-state index is 0.371. The van der Waals surface area contributed by atoms with Crippen molar-refractivity contribution in [1.29, 1.82) is 0 Å². The molecule has 0 aliphatic carbocycles. The number of fused-ring (bicyclic) bond motifs is 1. The molecule has 1 saturated heterocycles. The molecule has 0 unspecified atom stereocenters. The number of rotatable bonds is 2. The van der Waals surface area contributed by atoms with Gasteiger partial charge in [0.1, 0.15) is 18.0 Å². The molecule has 1 fully saturated rings. The van der Waals surface area contributed by atoms with Crippen LogP contribution in [0.15, 0.2) is 6.07 Å². The second-order valence-electron chi connectivity index (χ2n) is 5.28. The Morgan fingerprint density at radius 2 is 2.18 bits per heavy atom. The number of nitrogens with zero attached hydrogens (tertiary/aromatic N) is 2. The van der Waals surface area contributed by atoms with Gasteiger partial charge in [-0.25, -0.2) is 13.4 Å². The summed E-state index contributed by atoms with van der Waals surface area (Å²) in [6, 6.07) is 1.37. The molecule has 2 aliphatic rings. The molecular weight excluding hydrogens is 313 g/mol. The fourth-order valence-electron chi connectivity index (χ4n) is 2.95. The summed E-state index contributed by atoms with van der Waals surface area (Å²) in [7, 11) is -4.16. The predicted molar refractivity (Wildman–Crippen MR) is 78.7 cm³/mol. The number of anilines is 2. The lowest BCUT2D eigenvalue weighted by atomic mass is 9.99. The molecule has 0 spiro atoms. The molecule has 1 aromatic carbocycles. The van der Waals surface area contributed by atoms with Gasteiger partial charge in [0.05, 0.1) is 0 Å². The molecule has 120 valence electrons. The maximum absolute atomic E-state index is 14.8. The number of benzene rings is 1. The highest BCUT2D eigenvalue weighted by Gasteiger charge is 2.39. The number of hydrogen-bond acceptors (Lipinski definition) is 5. The quantitative estimate of drug-likeness (QED) is 0.824. The molecule has 3 rings (SSSR count). The van der Waals surface area contributed by atoms with Crippen LogP contribution in [0.5, 0.6) is 5.75 Å². The van der Waals surface area contributed by atoms with Crippen molar-refractivity contribution in [1.82, 2.24) is 4.72 Å². The van der Waals surface area contributed by atoms with E-state index in [2.05, 4.69) is 0 Å². The van der Waals surface area contributed by atoms with Crippen LogP contribution in [0.3, 0.4) is 0 Å². The van der Waals surface area contributed by atoms with Gasteiger partial charge in [-0.1, -0.05) is 0 Å². The second kappa shape index (κ2) is 5.01. The van der Waals surface area contributed by atoms with E-state index in [1.165, 1.54) is 6.07 Å². The molecule has 9 heteroatoms. The molecule has 1 amide bonds. The molecule has 0 radical (unpaired) electrons. The van der Waals surface area contributed by atoms with Gasteiger partial charge in [0.25, 0.3) is 5.91 Å². The summed E-state index contributed by atoms with van der Waals surface area (Å²) in [4.78, 5) is 13.2. The average Bonchev–Trinajstić information content (AvgIpc) is 2.71. The zero-order valence-corrected chi connectivity index (χ0v) is 12.8. The largest absolute Gasteiger partial charge is 0.506 e. The Hall–Kier alpha value is -2.03. The summed E-state index contributed by atoms with van der Waals surface area (Å²) in [5, 5.41) is 10.1. The van der Waals surface area contributed by atoms with E-state index in [-0.39, 0.29) is 0 Å². The van der Waals surface area contributed by atoms with Crippen molar-refractivity contribution in [2.24, 2.45) is 0 Å². The van der Waals surface area contributed by atoms with E-state index in [0.717, 1.165) is 13.0 Å². The molecule has 0 bridgehead atoms. The summed E-state index contributed by atoms with van der Waals surface area (Å²) in [6.45, 7) is 2.80. The molecule has 0 atom stereocenters. The van der Waals surface area contributed by atoms with Crippen LogP contribution in [0.4, 0.5) is 15.8 Å². The summed E-state index contributed by atoms with van der Waals surface area (Å²) in [6.07, 6.45) is 1.20. The average molecular weight is 329 g/mol. The SMILES string of the molecule is CCN1CCCc2c1cc(O)c(N1CC(=O)NS1(=O)=O)c2F. The first-order chi connectivity index (χ1) is 10.3. The van der Waals surface area contributed by atoms with E-state index in [1.807, 2.05) is 11.8 Å². The summed E-state index contributed by atoms with van der Waals surface area (Å²) in [5.74, 6) is -2.03. The van der Waals surface area contributed by atoms with Gasteiger partial charge >= 0.3 is 10.2 Å². The highest BCUT2D eigenvalue weighted by molar-refractivity contribution is 7.92. The molecule has 0 aromatic heterocycles. The van der Waals surface area contributed by atoms with Crippen molar-refractivity contribution in [2.75, 3.05) is 28.8 Å². The smallest absolute Gasteiger partial charge is 0.326 e. The number of nitrogens with one attached hydrogen (secondary N) is 1. The Labute approximate surface area is 127 Å². The van der Waals surface area contributed by atoms with E-state index in [9.17, 15) is 22.7 Å². The molecule has 7 nitrogen and oxygen atoms in total. The maximum Gasteiger partial charge on any atom is 0.326 e. The highest BCUT2D eigenvalue weighted by atomic mass is 32.2. The fraction of sp³-hybridized carbons (Fsp3) is 0.462. The van der Waals surface area contributed by atoms with Crippen LogP contribution in [0.2, 0.25) is 0 Å². The van der Waals surface area contributed by atoms with Crippen LogP contribution in [0.25, 0.3) is 0 Å². The lowest BCUT2D eigenvalue weighted by Crippen LogP contribution is -2.32. The summed E-state index contributed by atoms with van der Waals surface area (Å²) >= 11 is 0. The van der Waals surface area contributed by atoms with Crippen LogP contribution >= 0.6 is 0 Å². The van der Waals surface area contributed by atoms with Crippen LogP contribution in [0, 0.1) is 5.82 Å². The van der Waals surface area contributed by atoms with Crippen molar-refractivity contribution in [3.63, 3.8) is 0 Å². The third-order valence-corrected chi connectivity index (χ3v) is 5.32. The Morgan fingerprint density at radius 3 is 2.77 bits per heavy atom. The first-order valence-electron chi connectivity index (χ1n) is 6.97. The molecular formula is C13H16FN3O4S. The third kappa shape index (κ3) is 2.16. The van der Waals surface area contributed by atoms with Gasteiger partial charge in [0.2, 0.25) is 0 Å². The van der Waals surface area contributed by atoms with Gasteiger partial charge < -0.3 is 10.0 Å². The number of carbonyl (C=O) groups excluding carboxylic acids is 1. The normalized spacial score (nSPS) is 20.0. The van der Waals surface area contributed by atoms with Crippen LogP contribution < -0.4 is 13.9 Å². The molecule has 2 heterocycles. The van der Waals surface area contributed by atoms with Crippen LogP contribution in [0.1, 0.15) is 18.9 Å². The topological polar surface area (TPSA) is 89.9 Å². The summed E-state index contributed by atoms with van der Waals surface area (Å²) in [5.41, 5.74) is 0.480. The van der Waals surface area contributed by atoms with Gasteiger partial charge in [0.15, 0.2) is 5.82 Å². The number of phenolic OH excluding ortho intramolecular Hbond substituents is 1. The van der Waals surface area contributed by atoms with E-state index in [1.54, 1.807) is 4.72 Å².